The van der Waals surface area contributed by atoms with Gasteiger partial charge >= 0.3 is 6.09 Å². The van der Waals surface area contributed by atoms with E-state index in [1.54, 1.807) is 59.7 Å². The van der Waals surface area contributed by atoms with Gasteiger partial charge in [0.15, 0.2) is 0 Å². The molecule has 3 N–H and O–H groups in total. The Morgan fingerprint density at radius 2 is 1.79 bits per heavy atom. The van der Waals surface area contributed by atoms with Crippen LogP contribution in [-0.4, -0.2) is 65.4 Å². The fraction of sp³-hybridized carbons (Fsp3) is 0.625. The van der Waals surface area contributed by atoms with E-state index in [0.29, 0.717) is 17.2 Å². The quantitative estimate of drug-likeness (QED) is 0.556. The van der Waals surface area contributed by atoms with E-state index in [0.717, 1.165) is 5.56 Å². The molecule has 3 amide bonds. The van der Waals surface area contributed by atoms with Crippen LogP contribution >= 0.6 is 11.6 Å². The molecule has 190 valence electrons. The molecule has 9 nitrogen and oxygen atoms in total. The monoisotopic (exact) mass is 497 g/mol. The lowest BCUT2D eigenvalue weighted by atomic mass is 9.88. The van der Waals surface area contributed by atoms with Gasteiger partial charge in [-0.1, -0.05) is 38.4 Å². The number of carbonyl (C=O) groups excluding carboxylic acids is 3. The van der Waals surface area contributed by atoms with Crippen LogP contribution in [0, 0.1) is 5.41 Å². The number of nitrogens with one attached hydrogen (secondary N) is 2. The Hall–Kier alpha value is -2.36. The summed E-state index contributed by atoms with van der Waals surface area (Å²) in [5.41, 5.74) is 0.188. The van der Waals surface area contributed by atoms with Crippen molar-refractivity contribution in [3.05, 3.63) is 34.3 Å². The third-order valence-corrected chi connectivity index (χ3v) is 5.45. The van der Waals surface area contributed by atoms with Crippen LogP contribution in [0.25, 0.3) is 0 Å². The minimum atomic E-state index is -1.24. The average Bonchev–Trinajstić information content (AvgIpc) is 2.73. The number of halogens is 1. The Bertz CT molecular complexity index is 894. The molecule has 10 heteroatoms. The first-order chi connectivity index (χ1) is 15.7. The van der Waals surface area contributed by atoms with Gasteiger partial charge in [-0.3, -0.25) is 9.59 Å². The van der Waals surface area contributed by atoms with Crippen LogP contribution in [0.15, 0.2) is 18.2 Å². The highest BCUT2D eigenvalue weighted by molar-refractivity contribution is 6.30. The van der Waals surface area contributed by atoms with Crippen molar-refractivity contribution in [2.24, 2.45) is 5.41 Å². The second-order valence-electron chi connectivity index (χ2n) is 10.4. The molecule has 2 atom stereocenters. The largest absolute Gasteiger partial charge is 0.444 e. The van der Waals surface area contributed by atoms with Crippen LogP contribution in [0.1, 0.15) is 52.7 Å². The topological polar surface area (TPSA) is 117 Å². The van der Waals surface area contributed by atoms with Crippen LogP contribution in [0.5, 0.6) is 0 Å². The van der Waals surface area contributed by atoms with Gasteiger partial charge in [0.1, 0.15) is 17.7 Å². The van der Waals surface area contributed by atoms with Gasteiger partial charge in [0.05, 0.1) is 13.2 Å². The molecule has 0 saturated carbocycles. The molecule has 0 spiro atoms. The number of rotatable bonds is 6. The Balaban J connectivity index is 2.07. The van der Waals surface area contributed by atoms with Gasteiger partial charge in [0.25, 0.3) is 5.91 Å². The average molecular weight is 498 g/mol. The Kier molecular flexibility index (Phi) is 9.33. The van der Waals surface area contributed by atoms with Gasteiger partial charge in [-0.25, -0.2) is 4.79 Å². The summed E-state index contributed by atoms with van der Waals surface area (Å²) >= 11 is 6.15. The van der Waals surface area contributed by atoms with E-state index in [1.165, 1.54) is 4.90 Å². The van der Waals surface area contributed by atoms with E-state index in [1.807, 2.05) is 0 Å². The summed E-state index contributed by atoms with van der Waals surface area (Å²) in [4.78, 5) is 39.2. The molecule has 34 heavy (non-hydrogen) atoms. The van der Waals surface area contributed by atoms with Gasteiger partial charge in [0, 0.05) is 24.7 Å². The number of hydrogen-bond donors (Lipinski definition) is 3. The van der Waals surface area contributed by atoms with Crippen molar-refractivity contribution >= 4 is 29.5 Å². The third kappa shape index (κ3) is 8.14. The smallest absolute Gasteiger partial charge is 0.407 e. The maximum absolute atomic E-state index is 13.0. The Morgan fingerprint density at radius 3 is 2.41 bits per heavy atom. The van der Waals surface area contributed by atoms with Crippen molar-refractivity contribution in [2.45, 2.75) is 72.4 Å². The van der Waals surface area contributed by atoms with Crippen molar-refractivity contribution in [3.8, 4) is 0 Å². The van der Waals surface area contributed by atoms with E-state index in [-0.39, 0.29) is 26.2 Å². The standard InChI is InChI=1S/C24H36ClN3O6/c1-23(2,3)19(29)21(31)28-9-10-33-14-18(28)20(30)26-13-16-11-17(25)8-7-15(16)12-27-22(32)34-24(4,5)6/h7-8,11,18-19,29H,9-10,12-14H2,1-6H3,(H,26,30)(H,27,32). The van der Waals surface area contributed by atoms with E-state index in [9.17, 15) is 19.5 Å². The van der Waals surface area contributed by atoms with Gasteiger partial charge in [-0.15, -0.1) is 0 Å². The number of carbonyl (C=O) groups is 3. The first-order valence-electron chi connectivity index (χ1n) is 11.3. The summed E-state index contributed by atoms with van der Waals surface area (Å²) in [6, 6.07) is 4.31. The van der Waals surface area contributed by atoms with Crippen LogP contribution in [0.4, 0.5) is 4.79 Å². The number of hydrogen-bond acceptors (Lipinski definition) is 6. The molecule has 1 aliphatic rings. The van der Waals surface area contributed by atoms with Crippen LogP contribution < -0.4 is 10.6 Å². The number of morpholine rings is 1. The molecule has 1 aliphatic heterocycles. The van der Waals surface area contributed by atoms with Crippen molar-refractivity contribution < 1.29 is 29.0 Å². The second-order valence-corrected chi connectivity index (χ2v) is 10.8. The number of nitrogens with zero attached hydrogens (tertiary/aromatic N) is 1. The summed E-state index contributed by atoms with van der Waals surface area (Å²) < 4.78 is 10.7. The molecular weight excluding hydrogens is 462 g/mol. The maximum Gasteiger partial charge on any atom is 0.407 e. The van der Waals surface area contributed by atoms with Crippen LogP contribution in [-0.2, 0) is 32.2 Å². The first-order valence-corrected chi connectivity index (χ1v) is 11.6. The van der Waals surface area contributed by atoms with E-state index in [4.69, 9.17) is 21.1 Å². The second kappa shape index (κ2) is 11.4. The zero-order valence-electron chi connectivity index (χ0n) is 20.7. The van der Waals surface area contributed by atoms with E-state index < -0.39 is 41.1 Å². The highest BCUT2D eigenvalue weighted by atomic mass is 35.5. The highest BCUT2D eigenvalue weighted by Gasteiger charge is 2.39. The summed E-state index contributed by atoms with van der Waals surface area (Å²) in [6.45, 7) is 11.5. The molecule has 0 bridgehead atoms. The van der Waals surface area contributed by atoms with E-state index >= 15 is 0 Å². The molecule has 1 fully saturated rings. The lowest BCUT2D eigenvalue weighted by Gasteiger charge is -2.38. The molecule has 1 saturated heterocycles. The van der Waals surface area contributed by atoms with Gasteiger partial charge in [-0.2, -0.15) is 0 Å². The fourth-order valence-corrected chi connectivity index (χ4v) is 3.52. The van der Waals surface area contributed by atoms with E-state index in [2.05, 4.69) is 10.6 Å². The normalized spacial score (nSPS) is 17.6. The summed E-state index contributed by atoms with van der Waals surface area (Å²) in [7, 11) is 0. The highest BCUT2D eigenvalue weighted by Crippen LogP contribution is 2.23. The van der Waals surface area contributed by atoms with Crippen molar-refractivity contribution in [3.63, 3.8) is 0 Å². The molecule has 0 aliphatic carbocycles. The molecule has 1 aromatic rings. The zero-order valence-corrected chi connectivity index (χ0v) is 21.5. The van der Waals surface area contributed by atoms with Gasteiger partial charge in [0.2, 0.25) is 5.91 Å². The van der Waals surface area contributed by atoms with Gasteiger partial charge in [-0.05, 0) is 49.4 Å². The van der Waals surface area contributed by atoms with Gasteiger partial charge < -0.3 is 30.1 Å². The molecule has 2 unspecified atom stereocenters. The number of alkyl carbamates (subject to hydrolysis) is 1. The minimum absolute atomic E-state index is 0.0387. The predicted molar refractivity (Wildman–Crippen MR) is 128 cm³/mol. The Morgan fingerprint density at radius 1 is 1.15 bits per heavy atom. The molecule has 1 aromatic carbocycles. The molecule has 0 radical (unpaired) electrons. The summed E-state index contributed by atoms with van der Waals surface area (Å²) in [5, 5.41) is 16.4. The zero-order chi connectivity index (χ0) is 25.7. The number of aliphatic hydroxyl groups excluding tert-OH is 1. The Labute approximate surface area is 206 Å². The predicted octanol–water partition coefficient (Wildman–Crippen LogP) is 2.62. The summed E-state index contributed by atoms with van der Waals surface area (Å²) in [6.07, 6.45) is -1.79. The minimum Gasteiger partial charge on any atom is -0.444 e. The molecule has 1 heterocycles. The molecular formula is C24H36ClN3O6. The lowest BCUT2D eigenvalue weighted by molar-refractivity contribution is -0.159. The first kappa shape index (κ1) is 27.9. The summed E-state index contributed by atoms with van der Waals surface area (Å²) in [5.74, 6) is -0.902. The third-order valence-electron chi connectivity index (χ3n) is 5.21. The fourth-order valence-electron chi connectivity index (χ4n) is 3.33. The number of ether oxygens (including phenoxy) is 2. The maximum atomic E-state index is 13.0. The van der Waals surface area contributed by atoms with Crippen molar-refractivity contribution in [1.29, 1.82) is 0 Å². The van der Waals surface area contributed by atoms with Crippen molar-refractivity contribution in [2.75, 3.05) is 19.8 Å². The van der Waals surface area contributed by atoms with Crippen LogP contribution in [0.2, 0.25) is 5.02 Å². The molecule has 2 rings (SSSR count). The SMILES string of the molecule is CC(C)(C)OC(=O)NCc1ccc(Cl)cc1CNC(=O)C1COCCN1C(=O)C(O)C(C)(C)C. The van der Waals surface area contributed by atoms with Crippen molar-refractivity contribution in [1.82, 2.24) is 15.5 Å². The van der Waals surface area contributed by atoms with Crippen LogP contribution in [0.3, 0.4) is 0 Å². The number of amides is 3. The number of aliphatic hydroxyl groups is 1. The molecule has 0 aromatic heterocycles. The number of benzene rings is 1. The lowest BCUT2D eigenvalue weighted by Crippen LogP contribution is -2.59.